The van der Waals surface area contributed by atoms with Crippen LogP contribution in [0.5, 0.6) is 0 Å². The Morgan fingerprint density at radius 1 is 0.947 bits per heavy atom. The minimum absolute atomic E-state index is 0.628. The summed E-state index contributed by atoms with van der Waals surface area (Å²) < 4.78 is 11.6. The summed E-state index contributed by atoms with van der Waals surface area (Å²) >= 11 is 0. The second-order valence-electron chi connectivity index (χ2n) is 4.84. The van der Waals surface area contributed by atoms with Gasteiger partial charge in [0.2, 0.25) is 6.08 Å². The number of nitrogens with zero attached hydrogens (tertiary/aromatic N) is 1. The van der Waals surface area contributed by atoms with Gasteiger partial charge in [-0.25, -0.2) is 9.79 Å². The molecule has 0 fully saturated rings. The van der Waals surface area contributed by atoms with Crippen LogP contribution in [-0.2, 0) is 13.6 Å². The molecular formula is C14H29NO3Si. The zero-order valence-corrected chi connectivity index (χ0v) is 13.7. The molecule has 4 nitrogen and oxygen atoms in total. The Kier molecular flexibility index (Phi) is 12.2. The van der Waals surface area contributed by atoms with Crippen LogP contribution >= 0.6 is 0 Å². The number of carbonyl (C=O) groups excluding carboxylic acids is 1. The second kappa shape index (κ2) is 12.5. The summed E-state index contributed by atoms with van der Waals surface area (Å²) in [5.41, 5.74) is 0. The molecule has 0 saturated heterocycles. The maximum Gasteiger partial charge on any atom is 0.334 e. The highest BCUT2D eigenvalue weighted by Crippen LogP contribution is 2.18. The normalized spacial score (nSPS) is 11.3. The van der Waals surface area contributed by atoms with Crippen molar-refractivity contribution in [3.63, 3.8) is 0 Å². The van der Waals surface area contributed by atoms with E-state index in [4.69, 9.17) is 8.85 Å². The highest BCUT2D eigenvalue weighted by atomic mass is 28.4. The standard InChI is InChI=1S/C14H29NO3Si/c1-4-17-19(3,18-5-2)13-11-9-7-6-8-10-12-15-14-16/h4-13H2,1-3H3. The minimum atomic E-state index is -1.89. The lowest BCUT2D eigenvalue weighted by Gasteiger charge is -2.25. The molecule has 0 bridgehead atoms. The summed E-state index contributed by atoms with van der Waals surface area (Å²) in [4.78, 5) is 13.4. The molecule has 0 aromatic rings. The van der Waals surface area contributed by atoms with Crippen molar-refractivity contribution in [2.24, 2.45) is 4.99 Å². The van der Waals surface area contributed by atoms with E-state index in [-0.39, 0.29) is 0 Å². The average Bonchev–Trinajstić information content (AvgIpc) is 2.37. The largest absolute Gasteiger partial charge is 0.395 e. The Balaban J connectivity index is 3.52. The second-order valence-corrected chi connectivity index (χ2v) is 8.19. The van der Waals surface area contributed by atoms with Gasteiger partial charge in [-0.2, -0.15) is 0 Å². The molecule has 0 atom stereocenters. The third-order valence-electron chi connectivity index (χ3n) is 3.11. The van der Waals surface area contributed by atoms with Gasteiger partial charge in [0, 0.05) is 13.2 Å². The highest BCUT2D eigenvalue weighted by molar-refractivity contribution is 6.66. The summed E-state index contributed by atoms with van der Waals surface area (Å²) in [5.74, 6) is 0. The van der Waals surface area contributed by atoms with E-state index in [1.54, 1.807) is 6.08 Å². The van der Waals surface area contributed by atoms with Crippen LogP contribution in [0.25, 0.3) is 0 Å². The van der Waals surface area contributed by atoms with E-state index in [0.29, 0.717) is 6.54 Å². The number of hydrogen-bond donors (Lipinski definition) is 0. The Bertz CT molecular complexity index is 249. The van der Waals surface area contributed by atoms with Gasteiger partial charge in [-0.3, -0.25) is 0 Å². The minimum Gasteiger partial charge on any atom is -0.395 e. The number of isocyanates is 1. The fourth-order valence-corrected chi connectivity index (χ4v) is 4.67. The van der Waals surface area contributed by atoms with Gasteiger partial charge < -0.3 is 8.85 Å². The van der Waals surface area contributed by atoms with Gasteiger partial charge in [0.1, 0.15) is 0 Å². The van der Waals surface area contributed by atoms with Crippen LogP contribution in [0.4, 0.5) is 0 Å². The van der Waals surface area contributed by atoms with Crippen LogP contribution in [0, 0.1) is 0 Å². The predicted octanol–water partition coefficient (Wildman–Crippen LogP) is 3.81. The zero-order chi connectivity index (χ0) is 14.4. The molecule has 0 saturated carbocycles. The molecule has 0 amide bonds. The third kappa shape index (κ3) is 11.1. The van der Waals surface area contributed by atoms with Gasteiger partial charge in [0.05, 0.1) is 6.54 Å². The molecule has 0 radical (unpaired) electrons. The third-order valence-corrected chi connectivity index (χ3v) is 6.18. The van der Waals surface area contributed by atoms with E-state index < -0.39 is 8.56 Å². The van der Waals surface area contributed by atoms with Gasteiger partial charge in [0.15, 0.2) is 0 Å². The maximum atomic E-state index is 9.87. The lowest BCUT2D eigenvalue weighted by Crippen LogP contribution is -2.38. The molecule has 0 aliphatic heterocycles. The SMILES string of the molecule is CCO[Si](C)(CCCCCCCCN=C=O)OCC. The van der Waals surface area contributed by atoms with Crippen molar-refractivity contribution in [3.05, 3.63) is 0 Å². The first kappa shape index (κ1) is 18.5. The van der Waals surface area contributed by atoms with Crippen LogP contribution in [-0.4, -0.2) is 34.4 Å². The Morgan fingerprint density at radius 3 is 2.00 bits per heavy atom. The molecule has 5 heteroatoms. The van der Waals surface area contributed by atoms with Crippen molar-refractivity contribution in [1.82, 2.24) is 0 Å². The molecule has 112 valence electrons. The fraction of sp³-hybridized carbons (Fsp3) is 0.929. The molecule has 0 aliphatic rings. The molecule has 0 aromatic carbocycles. The van der Waals surface area contributed by atoms with Crippen molar-refractivity contribution < 1.29 is 13.6 Å². The first-order valence-electron chi connectivity index (χ1n) is 7.50. The topological polar surface area (TPSA) is 47.9 Å². The smallest absolute Gasteiger partial charge is 0.334 e. The van der Waals surface area contributed by atoms with Crippen LogP contribution in [0.1, 0.15) is 52.4 Å². The monoisotopic (exact) mass is 287 g/mol. The quantitative estimate of drug-likeness (QED) is 0.224. The van der Waals surface area contributed by atoms with E-state index in [9.17, 15) is 4.79 Å². The summed E-state index contributed by atoms with van der Waals surface area (Å²) in [6, 6.07) is 1.09. The fourth-order valence-electron chi connectivity index (χ4n) is 2.19. The molecule has 0 heterocycles. The molecular weight excluding hydrogens is 258 g/mol. The zero-order valence-electron chi connectivity index (χ0n) is 12.7. The summed E-state index contributed by atoms with van der Waals surface area (Å²) in [5, 5.41) is 0. The van der Waals surface area contributed by atoms with E-state index in [2.05, 4.69) is 11.5 Å². The highest BCUT2D eigenvalue weighted by Gasteiger charge is 2.29. The van der Waals surface area contributed by atoms with Crippen LogP contribution in [0.2, 0.25) is 12.6 Å². The molecule has 0 N–H and O–H groups in total. The van der Waals surface area contributed by atoms with Crippen molar-refractivity contribution in [2.75, 3.05) is 19.8 Å². The van der Waals surface area contributed by atoms with Gasteiger partial charge in [-0.15, -0.1) is 0 Å². The molecule has 0 spiro atoms. The van der Waals surface area contributed by atoms with Crippen LogP contribution < -0.4 is 0 Å². The molecule has 0 aliphatic carbocycles. The van der Waals surface area contributed by atoms with E-state index in [1.807, 2.05) is 13.8 Å². The van der Waals surface area contributed by atoms with Crippen LogP contribution in [0.3, 0.4) is 0 Å². The Labute approximate surface area is 118 Å². The first-order valence-corrected chi connectivity index (χ1v) is 10.0. The molecule has 0 aromatic heterocycles. The number of unbranched alkanes of at least 4 members (excludes halogenated alkanes) is 5. The van der Waals surface area contributed by atoms with E-state index in [0.717, 1.165) is 32.1 Å². The molecule has 0 rings (SSSR count). The van der Waals surface area contributed by atoms with E-state index >= 15 is 0 Å². The molecule has 0 unspecified atom stereocenters. The lowest BCUT2D eigenvalue weighted by atomic mass is 10.1. The van der Waals surface area contributed by atoms with Gasteiger partial charge >= 0.3 is 8.56 Å². The van der Waals surface area contributed by atoms with Crippen LogP contribution in [0.15, 0.2) is 4.99 Å². The van der Waals surface area contributed by atoms with Crippen molar-refractivity contribution in [1.29, 1.82) is 0 Å². The van der Waals surface area contributed by atoms with E-state index in [1.165, 1.54) is 25.7 Å². The van der Waals surface area contributed by atoms with Gasteiger partial charge in [-0.05, 0) is 32.9 Å². The van der Waals surface area contributed by atoms with Gasteiger partial charge in [-0.1, -0.05) is 32.1 Å². The number of aliphatic imine (C=N–C) groups is 1. The maximum absolute atomic E-state index is 9.87. The molecule has 19 heavy (non-hydrogen) atoms. The van der Waals surface area contributed by atoms with Crippen molar-refractivity contribution in [3.8, 4) is 0 Å². The lowest BCUT2D eigenvalue weighted by molar-refractivity contribution is 0.188. The van der Waals surface area contributed by atoms with Gasteiger partial charge in [0.25, 0.3) is 0 Å². The first-order chi connectivity index (χ1) is 9.18. The summed E-state index contributed by atoms with van der Waals surface area (Å²) in [6.45, 7) is 8.36. The summed E-state index contributed by atoms with van der Waals surface area (Å²) in [7, 11) is -1.89. The number of hydrogen-bond acceptors (Lipinski definition) is 4. The Hall–Kier alpha value is -0.483. The Morgan fingerprint density at radius 2 is 1.47 bits per heavy atom. The predicted molar refractivity (Wildman–Crippen MR) is 80.4 cm³/mol. The number of rotatable bonds is 13. The van der Waals surface area contributed by atoms with Crippen molar-refractivity contribution in [2.45, 2.75) is 65.0 Å². The van der Waals surface area contributed by atoms with Crippen molar-refractivity contribution >= 4 is 14.6 Å². The average molecular weight is 287 g/mol. The summed E-state index contributed by atoms with van der Waals surface area (Å²) in [6.07, 6.45) is 8.61.